The molecule has 4 nitrogen and oxygen atoms in total. The molecule has 0 aliphatic carbocycles. The third-order valence-electron chi connectivity index (χ3n) is 5.33. The Morgan fingerprint density at radius 1 is 1.06 bits per heavy atom. The quantitative estimate of drug-likeness (QED) is 0.426. The number of amides is 2. The Kier molecular flexibility index (Phi) is 5.77. The molecule has 0 bridgehead atoms. The number of nitrogens with zero attached hydrogens (tertiary/aromatic N) is 2. The van der Waals surface area contributed by atoms with Crippen LogP contribution in [-0.4, -0.2) is 20.6 Å². The number of hydrogen-bond donors (Lipinski definition) is 0. The molecule has 0 saturated carbocycles. The molecule has 2 heterocycles. The van der Waals surface area contributed by atoms with Gasteiger partial charge in [0.25, 0.3) is 11.1 Å². The van der Waals surface area contributed by atoms with E-state index in [4.69, 9.17) is 11.6 Å². The van der Waals surface area contributed by atoms with Gasteiger partial charge in [0.1, 0.15) is 5.82 Å². The van der Waals surface area contributed by atoms with E-state index >= 15 is 0 Å². The average molecular weight is 455 g/mol. The van der Waals surface area contributed by atoms with Gasteiger partial charge in [-0.05, 0) is 74.0 Å². The Balaban J connectivity index is 1.65. The molecular formula is C24H20ClFN2O2S. The Labute approximate surface area is 189 Å². The van der Waals surface area contributed by atoms with Crippen molar-refractivity contribution in [2.75, 3.05) is 0 Å². The van der Waals surface area contributed by atoms with Crippen molar-refractivity contribution in [1.29, 1.82) is 0 Å². The summed E-state index contributed by atoms with van der Waals surface area (Å²) >= 11 is 7.17. The van der Waals surface area contributed by atoms with Gasteiger partial charge in [-0.2, -0.15) is 0 Å². The molecule has 1 aliphatic rings. The Morgan fingerprint density at radius 2 is 1.81 bits per heavy atom. The van der Waals surface area contributed by atoms with Crippen molar-refractivity contribution >= 4 is 40.6 Å². The molecule has 31 heavy (non-hydrogen) atoms. The van der Waals surface area contributed by atoms with E-state index in [9.17, 15) is 14.0 Å². The summed E-state index contributed by atoms with van der Waals surface area (Å²) in [6.45, 7) is 5.79. The lowest BCUT2D eigenvalue weighted by atomic mass is 10.2. The van der Waals surface area contributed by atoms with E-state index in [-0.39, 0.29) is 6.54 Å². The SMILES string of the molecule is Cc1ccc(-n2c(C)cc(/C=C3\SC(=O)N(Cc4ccccc4F)C3=O)c2C)cc1Cl. The van der Waals surface area contributed by atoms with Crippen molar-refractivity contribution < 1.29 is 14.0 Å². The number of aryl methyl sites for hydroxylation is 2. The fraction of sp³-hybridized carbons (Fsp3) is 0.167. The molecule has 0 radical (unpaired) electrons. The van der Waals surface area contributed by atoms with Crippen LogP contribution in [-0.2, 0) is 11.3 Å². The topological polar surface area (TPSA) is 42.3 Å². The Morgan fingerprint density at radius 3 is 2.52 bits per heavy atom. The molecular weight excluding hydrogens is 435 g/mol. The van der Waals surface area contributed by atoms with E-state index in [2.05, 4.69) is 4.57 Å². The molecule has 1 aromatic heterocycles. The molecule has 7 heteroatoms. The van der Waals surface area contributed by atoms with Crippen LogP contribution in [0.4, 0.5) is 9.18 Å². The smallest absolute Gasteiger partial charge is 0.293 e. The maximum Gasteiger partial charge on any atom is 0.293 e. The lowest BCUT2D eigenvalue weighted by molar-refractivity contribution is -0.123. The van der Waals surface area contributed by atoms with Crippen molar-refractivity contribution in [1.82, 2.24) is 9.47 Å². The fourth-order valence-corrected chi connectivity index (χ4v) is 4.63. The predicted molar refractivity (Wildman–Crippen MR) is 123 cm³/mol. The molecule has 2 aromatic carbocycles. The highest BCUT2D eigenvalue weighted by Crippen LogP contribution is 2.35. The van der Waals surface area contributed by atoms with E-state index in [1.54, 1.807) is 24.3 Å². The number of carbonyl (C=O) groups is 2. The van der Waals surface area contributed by atoms with Crippen LogP contribution in [0.15, 0.2) is 53.4 Å². The Bertz CT molecular complexity index is 1250. The summed E-state index contributed by atoms with van der Waals surface area (Å²) in [5, 5.41) is 0.277. The zero-order chi connectivity index (χ0) is 22.3. The van der Waals surface area contributed by atoms with Gasteiger partial charge in [-0.1, -0.05) is 35.9 Å². The number of aromatic nitrogens is 1. The third-order valence-corrected chi connectivity index (χ3v) is 6.64. The van der Waals surface area contributed by atoms with Gasteiger partial charge in [0.2, 0.25) is 0 Å². The number of imide groups is 1. The lowest BCUT2D eigenvalue weighted by Gasteiger charge is -2.12. The standard InChI is InChI=1S/C24H20ClFN2O2S/c1-14-8-9-19(12-20(14)25)28-15(2)10-18(16(28)3)11-22-23(29)27(24(30)31-22)13-17-6-4-5-7-21(17)26/h4-12H,13H2,1-3H3/b22-11-. The number of thioether (sulfide) groups is 1. The van der Waals surface area contributed by atoms with E-state index in [0.717, 1.165) is 44.9 Å². The average Bonchev–Trinajstić information content (AvgIpc) is 3.15. The minimum atomic E-state index is -0.439. The molecule has 1 aliphatic heterocycles. The van der Waals surface area contributed by atoms with E-state index in [1.165, 1.54) is 6.07 Å². The fourth-order valence-electron chi connectivity index (χ4n) is 3.63. The van der Waals surface area contributed by atoms with Crippen LogP contribution in [0, 0.1) is 26.6 Å². The van der Waals surface area contributed by atoms with E-state index < -0.39 is 17.0 Å². The summed E-state index contributed by atoms with van der Waals surface area (Å²) in [6, 6.07) is 14.0. The molecule has 4 rings (SSSR count). The van der Waals surface area contributed by atoms with Crippen molar-refractivity contribution in [2.24, 2.45) is 0 Å². The van der Waals surface area contributed by atoms with Crippen LogP contribution in [0.1, 0.15) is 28.1 Å². The number of hydrogen-bond acceptors (Lipinski definition) is 3. The Hall–Kier alpha value is -2.83. The van der Waals surface area contributed by atoms with Gasteiger partial charge >= 0.3 is 0 Å². The summed E-state index contributed by atoms with van der Waals surface area (Å²) in [5.41, 5.74) is 4.98. The summed E-state index contributed by atoms with van der Waals surface area (Å²) in [4.78, 5) is 26.7. The summed E-state index contributed by atoms with van der Waals surface area (Å²) in [6.07, 6.45) is 1.72. The minimum absolute atomic E-state index is 0.0877. The highest BCUT2D eigenvalue weighted by atomic mass is 35.5. The second-order valence-corrected chi connectivity index (χ2v) is 8.86. The maximum absolute atomic E-state index is 14.0. The molecule has 0 spiro atoms. The molecule has 0 N–H and O–H groups in total. The molecule has 1 saturated heterocycles. The van der Waals surface area contributed by atoms with Gasteiger partial charge in [0.05, 0.1) is 11.4 Å². The lowest BCUT2D eigenvalue weighted by Crippen LogP contribution is -2.27. The molecule has 158 valence electrons. The first kappa shape index (κ1) is 21.4. The van der Waals surface area contributed by atoms with E-state index in [1.807, 2.05) is 45.0 Å². The van der Waals surface area contributed by atoms with Crippen molar-refractivity contribution in [3.05, 3.63) is 92.4 Å². The molecule has 0 unspecified atom stereocenters. The van der Waals surface area contributed by atoms with Crippen LogP contribution in [0.25, 0.3) is 11.8 Å². The van der Waals surface area contributed by atoms with Crippen LogP contribution in [0.5, 0.6) is 0 Å². The minimum Gasteiger partial charge on any atom is -0.318 e. The van der Waals surface area contributed by atoms with Gasteiger partial charge in [-0.15, -0.1) is 0 Å². The highest BCUT2D eigenvalue weighted by molar-refractivity contribution is 8.18. The predicted octanol–water partition coefficient (Wildman–Crippen LogP) is 6.43. The molecule has 0 atom stereocenters. The van der Waals surface area contributed by atoms with Gasteiger partial charge in [-0.25, -0.2) is 4.39 Å². The normalized spacial score (nSPS) is 15.4. The monoisotopic (exact) mass is 454 g/mol. The van der Waals surface area contributed by atoms with Crippen LogP contribution >= 0.6 is 23.4 Å². The van der Waals surface area contributed by atoms with Crippen LogP contribution in [0.3, 0.4) is 0 Å². The molecule has 2 amide bonds. The van der Waals surface area contributed by atoms with Crippen LogP contribution < -0.4 is 0 Å². The largest absolute Gasteiger partial charge is 0.318 e. The molecule has 1 fully saturated rings. The second-order valence-electron chi connectivity index (χ2n) is 7.45. The number of halogens is 2. The summed E-state index contributed by atoms with van der Waals surface area (Å²) < 4.78 is 16.0. The first-order valence-electron chi connectivity index (χ1n) is 9.70. The summed E-state index contributed by atoms with van der Waals surface area (Å²) in [7, 11) is 0. The zero-order valence-corrected chi connectivity index (χ0v) is 18.9. The second kappa shape index (κ2) is 8.36. The number of rotatable bonds is 4. The highest BCUT2D eigenvalue weighted by Gasteiger charge is 2.35. The van der Waals surface area contributed by atoms with Crippen LogP contribution in [0.2, 0.25) is 5.02 Å². The van der Waals surface area contributed by atoms with E-state index in [0.29, 0.717) is 15.5 Å². The first-order valence-corrected chi connectivity index (χ1v) is 10.9. The van der Waals surface area contributed by atoms with Crippen molar-refractivity contribution in [3.8, 4) is 5.69 Å². The van der Waals surface area contributed by atoms with Crippen molar-refractivity contribution in [3.63, 3.8) is 0 Å². The van der Waals surface area contributed by atoms with Gasteiger partial charge < -0.3 is 4.57 Å². The third kappa shape index (κ3) is 4.05. The maximum atomic E-state index is 14.0. The number of benzene rings is 2. The first-order chi connectivity index (χ1) is 14.8. The van der Waals surface area contributed by atoms with Gasteiger partial charge in [-0.3, -0.25) is 14.5 Å². The number of carbonyl (C=O) groups excluding carboxylic acids is 2. The van der Waals surface area contributed by atoms with Crippen molar-refractivity contribution in [2.45, 2.75) is 27.3 Å². The molecule has 3 aromatic rings. The zero-order valence-electron chi connectivity index (χ0n) is 17.3. The summed E-state index contributed by atoms with van der Waals surface area (Å²) in [5.74, 6) is -0.854. The van der Waals surface area contributed by atoms with Gasteiger partial charge in [0.15, 0.2) is 0 Å². The van der Waals surface area contributed by atoms with Gasteiger partial charge in [0, 0.05) is 27.7 Å².